The van der Waals surface area contributed by atoms with Gasteiger partial charge in [-0.1, -0.05) is 77.4 Å². The molecule has 0 spiro atoms. The number of nitrogens with zero attached hydrogens (tertiary/aromatic N) is 3. The minimum absolute atomic E-state index is 0.671. The summed E-state index contributed by atoms with van der Waals surface area (Å²) in [5.41, 5.74) is 8.33. The Morgan fingerprint density at radius 3 is 2.24 bits per heavy atom. The van der Waals surface area contributed by atoms with Crippen molar-refractivity contribution >= 4 is 69.2 Å². The van der Waals surface area contributed by atoms with Crippen LogP contribution in [-0.4, -0.2) is 21.2 Å². The van der Waals surface area contributed by atoms with Gasteiger partial charge in [-0.25, -0.2) is 15.0 Å². The van der Waals surface area contributed by atoms with Crippen LogP contribution in [0.5, 0.6) is 0 Å². The standard InChI is InChI=1S/C31H24Cl2N4S/c1-38-31-36-29(34-24-7-3-2-4-8-24)27-26(20-12-16-23(33)17-13-20)25-9-5-6-21(28(25)35-30(27)37-31)18-19-10-14-22(32)15-11-19/h2-4,7-8,10-18H,5-6,9H2,1H3,(H,34,35,36,37)/b21-18+. The van der Waals surface area contributed by atoms with E-state index < -0.39 is 0 Å². The van der Waals surface area contributed by atoms with Crippen molar-refractivity contribution < 1.29 is 0 Å². The van der Waals surface area contributed by atoms with Crippen LogP contribution >= 0.6 is 35.0 Å². The highest BCUT2D eigenvalue weighted by Gasteiger charge is 2.26. The summed E-state index contributed by atoms with van der Waals surface area (Å²) in [5.74, 6) is 0.750. The molecule has 0 unspecified atom stereocenters. The van der Waals surface area contributed by atoms with Gasteiger partial charge in [0.2, 0.25) is 0 Å². The van der Waals surface area contributed by atoms with Crippen molar-refractivity contribution in [2.75, 3.05) is 11.6 Å². The number of pyridine rings is 1. The fourth-order valence-electron chi connectivity index (χ4n) is 4.94. The first-order valence-corrected chi connectivity index (χ1v) is 14.4. The van der Waals surface area contributed by atoms with Crippen molar-refractivity contribution in [2.24, 2.45) is 0 Å². The number of para-hydroxylation sites is 1. The SMILES string of the molecule is CSc1nc(Nc2ccccc2)c2c(-c3ccc(Cl)cc3)c3c(nc2n1)/C(=C/c1ccc(Cl)cc1)CCC3. The fraction of sp³-hybridized carbons (Fsp3) is 0.129. The van der Waals surface area contributed by atoms with Gasteiger partial charge in [0.15, 0.2) is 10.8 Å². The van der Waals surface area contributed by atoms with Gasteiger partial charge in [-0.05, 0) is 90.3 Å². The van der Waals surface area contributed by atoms with Gasteiger partial charge in [0, 0.05) is 21.3 Å². The van der Waals surface area contributed by atoms with Crippen molar-refractivity contribution in [3.63, 3.8) is 0 Å². The second-order valence-electron chi connectivity index (χ2n) is 9.14. The summed E-state index contributed by atoms with van der Waals surface area (Å²) in [6, 6.07) is 26.0. The Bertz CT molecular complexity index is 1650. The Labute approximate surface area is 236 Å². The molecular formula is C31H24Cl2N4S. The first-order valence-electron chi connectivity index (χ1n) is 12.4. The molecule has 38 heavy (non-hydrogen) atoms. The van der Waals surface area contributed by atoms with Gasteiger partial charge >= 0.3 is 0 Å². The molecule has 188 valence electrons. The van der Waals surface area contributed by atoms with Gasteiger partial charge in [-0.3, -0.25) is 0 Å². The number of allylic oxidation sites excluding steroid dienone is 1. The lowest BCUT2D eigenvalue weighted by atomic mass is 9.84. The number of hydrogen-bond donors (Lipinski definition) is 1. The Balaban J connectivity index is 1.64. The maximum Gasteiger partial charge on any atom is 0.191 e. The first kappa shape index (κ1) is 24.9. The average molecular weight is 556 g/mol. The molecule has 4 nitrogen and oxygen atoms in total. The summed E-state index contributed by atoms with van der Waals surface area (Å²) in [5, 5.41) is 6.57. The number of hydrogen-bond acceptors (Lipinski definition) is 5. The van der Waals surface area contributed by atoms with Crippen LogP contribution in [-0.2, 0) is 6.42 Å². The predicted molar refractivity (Wildman–Crippen MR) is 162 cm³/mol. The van der Waals surface area contributed by atoms with Gasteiger partial charge in [-0.15, -0.1) is 0 Å². The first-order chi connectivity index (χ1) is 18.6. The lowest BCUT2D eigenvalue weighted by Gasteiger charge is -2.24. The molecule has 0 aliphatic heterocycles. The van der Waals surface area contributed by atoms with E-state index in [9.17, 15) is 0 Å². The van der Waals surface area contributed by atoms with Crippen LogP contribution in [0.3, 0.4) is 0 Å². The molecule has 0 saturated heterocycles. The third-order valence-corrected chi connectivity index (χ3v) is 7.72. The lowest BCUT2D eigenvalue weighted by molar-refractivity contribution is 0.814. The second kappa shape index (κ2) is 10.8. The average Bonchev–Trinajstić information content (AvgIpc) is 2.94. The molecule has 0 radical (unpaired) electrons. The summed E-state index contributed by atoms with van der Waals surface area (Å²) in [4.78, 5) is 15.0. The van der Waals surface area contributed by atoms with Crippen LogP contribution < -0.4 is 5.32 Å². The van der Waals surface area contributed by atoms with Crippen LogP contribution in [0.1, 0.15) is 29.7 Å². The largest absolute Gasteiger partial charge is 0.340 e. The Morgan fingerprint density at radius 2 is 1.53 bits per heavy atom. The molecule has 3 aromatic carbocycles. The van der Waals surface area contributed by atoms with Crippen molar-refractivity contribution in [3.8, 4) is 11.1 Å². The van der Waals surface area contributed by atoms with Crippen LogP contribution in [0.4, 0.5) is 11.5 Å². The van der Waals surface area contributed by atoms with Crippen molar-refractivity contribution in [1.82, 2.24) is 15.0 Å². The van der Waals surface area contributed by atoms with Crippen molar-refractivity contribution in [3.05, 3.63) is 106 Å². The fourth-order valence-corrected chi connectivity index (χ4v) is 5.55. The quantitative estimate of drug-likeness (QED) is 0.173. The molecular weight excluding hydrogens is 531 g/mol. The van der Waals surface area contributed by atoms with Gasteiger partial charge in [0.05, 0.1) is 11.1 Å². The molecule has 0 atom stereocenters. The molecule has 2 heterocycles. The number of halogens is 2. The molecule has 0 amide bonds. The molecule has 1 N–H and O–H groups in total. The van der Waals surface area contributed by atoms with E-state index in [1.165, 1.54) is 22.9 Å². The van der Waals surface area contributed by atoms with E-state index in [0.29, 0.717) is 15.8 Å². The molecule has 5 aromatic rings. The molecule has 0 bridgehead atoms. The third kappa shape index (κ3) is 5.02. The van der Waals surface area contributed by atoms with Gasteiger partial charge in [0.25, 0.3) is 0 Å². The zero-order valence-corrected chi connectivity index (χ0v) is 23.0. The molecule has 1 aliphatic carbocycles. The van der Waals surface area contributed by atoms with E-state index in [1.54, 1.807) is 0 Å². The molecule has 2 aromatic heterocycles. The number of aromatic nitrogens is 3. The number of rotatable bonds is 5. The van der Waals surface area contributed by atoms with Gasteiger partial charge in [0.1, 0.15) is 5.82 Å². The summed E-state index contributed by atoms with van der Waals surface area (Å²) < 4.78 is 0. The summed E-state index contributed by atoms with van der Waals surface area (Å²) >= 11 is 13.9. The van der Waals surface area contributed by atoms with E-state index in [0.717, 1.165) is 63.6 Å². The minimum atomic E-state index is 0.671. The Morgan fingerprint density at radius 1 is 0.816 bits per heavy atom. The molecule has 0 fully saturated rings. The van der Waals surface area contributed by atoms with Crippen LogP contribution in [0.25, 0.3) is 33.8 Å². The van der Waals surface area contributed by atoms with E-state index in [4.69, 9.17) is 38.2 Å². The van der Waals surface area contributed by atoms with Crippen molar-refractivity contribution in [2.45, 2.75) is 24.4 Å². The number of fused-ring (bicyclic) bond motifs is 2. The predicted octanol–water partition coefficient (Wildman–Crippen LogP) is 9.34. The highest BCUT2D eigenvalue weighted by Crippen LogP contribution is 2.43. The topological polar surface area (TPSA) is 50.7 Å². The zero-order valence-electron chi connectivity index (χ0n) is 20.7. The maximum atomic E-state index is 6.29. The van der Waals surface area contributed by atoms with Crippen LogP contribution in [0.15, 0.2) is 84.0 Å². The van der Waals surface area contributed by atoms with E-state index >= 15 is 0 Å². The third-order valence-electron chi connectivity index (χ3n) is 6.66. The van der Waals surface area contributed by atoms with E-state index in [1.807, 2.05) is 73.0 Å². The normalized spacial score (nSPS) is 14.0. The Hall–Kier alpha value is -3.38. The number of anilines is 2. The number of benzene rings is 3. The van der Waals surface area contributed by atoms with Gasteiger partial charge < -0.3 is 5.32 Å². The highest BCUT2D eigenvalue weighted by atomic mass is 35.5. The van der Waals surface area contributed by atoms with E-state index in [-0.39, 0.29) is 0 Å². The summed E-state index contributed by atoms with van der Waals surface area (Å²) in [6.07, 6.45) is 7.11. The van der Waals surface area contributed by atoms with Crippen molar-refractivity contribution in [1.29, 1.82) is 0 Å². The number of nitrogens with one attached hydrogen (secondary N) is 1. The van der Waals surface area contributed by atoms with Gasteiger partial charge in [-0.2, -0.15) is 0 Å². The summed E-state index contributed by atoms with van der Waals surface area (Å²) in [7, 11) is 0. The second-order valence-corrected chi connectivity index (χ2v) is 10.8. The molecule has 0 saturated carbocycles. The molecule has 7 heteroatoms. The molecule has 1 aliphatic rings. The lowest BCUT2D eigenvalue weighted by Crippen LogP contribution is -2.10. The molecule has 6 rings (SSSR count). The monoisotopic (exact) mass is 554 g/mol. The van der Waals surface area contributed by atoms with Crippen LogP contribution in [0.2, 0.25) is 10.0 Å². The van der Waals surface area contributed by atoms with E-state index in [2.05, 4.69) is 23.5 Å². The highest BCUT2D eigenvalue weighted by molar-refractivity contribution is 7.98. The Kier molecular flexibility index (Phi) is 7.07. The smallest absolute Gasteiger partial charge is 0.191 e. The number of thioether (sulfide) groups is 1. The summed E-state index contributed by atoms with van der Waals surface area (Å²) in [6.45, 7) is 0. The minimum Gasteiger partial charge on any atom is -0.340 e. The zero-order chi connectivity index (χ0) is 26.1. The maximum absolute atomic E-state index is 6.29. The van der Waals surface area contributed by atoms with Crippen LogP contribution in [0, 0.1) is 0 Å².